The fraction of sp³-hybridized carbons (Fsp3) is 0.333. The third-order valence-electron chi connectivity index (χ3n) is 6.07. The normalized spacial score (nSPS) is 25.9. The van der Waals surface area contributed by atoms with Crippen LogP contribution in [-0.2, 0) is 4.79 Å². The Balaban J connectivity index is 1.35. The van der Waals surface area contributed by atoms with Crippen LogP contribution in [0.2, 0.25) is 5.02 Å². The molecule has 5 rings (SSSR count). The lowest BCUT2D eigenvalue weighted by Gasteiger charge is -2.72. The summed E-state index contributed by atoms with van der Waals surface area (Å²) in [5.74, 6) is -1.96. The predicted molar refractivity (Wildman–Crippen MR) is 102 cm³/mol. The number of rotatable bonds is 5. The minimum absolute atomic E-state index is 0.0756. The molecule has 7 heteroatoms. The molecule has 0 radical (unpaired) electrons. The van der Waals surface area contributed by atoms with E-state index in [1.54, 1.807) is 0 Å². The van der Waals surface area contributed by atoms with Gasteiger partial charge in [0.25, 0.3) is 5.91 Å². The number of nitrogens with one attached hydrogen (secondary N) is 2. The molecule has 3 aliphatic carbocycles. The van der Waals surface area contributed by atoms with Crippen LogP contribution in [0.15, 0.2) is 42.5 Å². The maximum atomic E-state index is 14.0. The quantitative estimate of drug-likeness (QED) is 0.768. The van der Waals surface area contributed by atoms with E-state index in [0.29, 0.717) is 24.9 Å². The second-order valence-corrected chi connectivity index (χ2v) is 8.35. The van der Waals surface area contributed by atoms with E-state index < -0.39 is 11.7 Å². The van der Waals surface area contributed by atoms with Crippen molar-refractivity contribution >= 4 is 29.1 Å². The average Bonchev–Trinajstić information content (AvgIpc) is 2.60. The molecule has 3 fully saturated rings. The van der Waals surface area contributed by atoms with Crippen molar-refractivity contribution in [3.63, 3.8) is 0 Å². The van der Waals surface area contributed by atoms with E-state index in [1.165, 1.54) is 42.5 Å². The Morgan fingerprint density at radius 2 is 1.71 bits per heavy atom. The smallest absolute Gasteiger partial charge is 0.254 e. The van der Waals surface area contributed by atoms with Crippen molar-refractivity contribution < 1.29 is 18.4 Å². The molecule has 3 aliphatic rings. The first kappa shape index (κ1) is 18.9. The van der Waals surface area contributed by atoms with Crippen molar-refractivity contribution in [2.75, 3.05) is 5.32 Å². The highest BCUT2D eigenvalue weighted by molar-refractivity contribution is 6.31. The van der Waals surface area contributed by atoms with Crippen LogP contribution < -0.4 is 10.6 Å². The summed E-state index contributed by atoms with van der Waals surface area (Å²) in [5, 5.41) is 5.62. The molecule has 2 aromatic carbocycles. The first-order valence-corrected chi connectivity index (χ1v) is 9.44. The molecule has 0 saturated heterocycles. The molecule has 0 unspecified atom stereocenters. The van der Waals surface area contributed by atoms with Crippen molar-refractivity contribution in [3.8, 4) is 0 Å². The van der Waals surface area contributed by atoms with Crippen LogP contribution >= 0.6 is 11.6 Å². The van der Waals surface area contributed by atoms with E-state index in [1.807, 2.05) is 6.92 Å². The second kappa shape index (κ2) is 6.55. The summed E-state index contributed by atoms with van der Waals surface area (Å²) in [7, 11) is 0. The molecular formula is C21H19ClF2N2O2. The number of hydrogen-bond donors (Lipinski definition) is 2. The Morgan fingerprint density at radius 1 is 1.07 bits per heavy atom. The summed E-state index contributed by atoms with van der Waals surface area (Å²) in [6.07, 6.45) is 2.02. The van der Waals surface area contributed by atoms with Gasteiger partial charge in [0.15, 0.2) is 5.82 Å². The van der Waals surface area contributed by atoms with Gasteiger partial charge in [0.1, 0.15) is 5.82 Å². The number of carbonyl (C=O) groups is 2. The lowest BCUT2D eigenvalue weighted by atomic mass is 9.36. The Hall–Kier alpha value is -2.47. The van der Waals surface area contributed by atoms with Crippen molar-refractivity contribution in [3.05, 3.63) is 64.7 Å². The van der Waals surface area contributed by atoms with Gasteiger partial charge in [0.05, 0.1) is 10.6 Å². The summed E-state index contributed by atoms with van der Waals surface area (Å²) >= 11 is 5.74. The topological polar surface area (TPSA) is 58.2 Å². The molecule has 1 atom stereocenters. The standard InChI is InChI=1S/C21H19ClF2N2O2/c1-12(18(27)25-14-7-5-13(23)6-8-14)20-9-21(10-20,11-20)26-19(28)15-3-2-4-16(22)17(15)24/h2-8,12H,9-11H2,1H3,(H,25,27)(H,26,28)/t12-,20?,21?/m1/s1. The molecular weight excluding hydrogens is 386 g/mol. The van der Waals surface area contributed by atoms with Gasteiger partial charge in [0, 0.05) is 17.1 Å². The van der Waals surface area contributed by atoms with Crippen molar-refractivity contribution in [1.29, 1.82) is 0 Å². The SMILES string of the molecule is C[C@H](C(=O)Nc1ccc(F)cc1)C12CC(NC(=O)c3cccc(Cl)c3F)(C1)C2. The number of hydrogen-bond acceptors (Lipinski definition) is 2. The van der Waals surface area contributed by atoms with Gasteiger partial charge >= 0.3 is 0 Å². The van der Waals surface area contributed by atoms with E-state index in [4.69, 9.17) is 11.6 Å². The molecule has 0 spiro atoms. The number of benzene rings is 2. The summed E-state index contributed by atoms with van der Waals surface area (Å²) in [6, 6.07) is 9.95. The maximum Gasteiger partial charge on any atom is 0.254 e. The van der Waals surface area contributed by atoms with E-state index >= 15 is 0 Å². The third-order valence-corrected chi connectivity index (χ3v) is 6.36. The van der Waals surface area contributed by atoms with Gasteiger partial charge in [-0.25, -0.2) is 8.78 Å². The molecule has 0 aliphatic heterocycles. The first-order valence-electron chi connectivity index (χ1n) is 9.07. The maximum absolute atomic E-state index is 14.0. The Morgan fingerprint density at radius 3 is 2.36 bits per heavy atom. The van der Waals surface area contributed by atoms with Gasteiger partial charge in [-0.05, 0) is 61.1 Å². The van der Waals surface area contributed by atoms with E-state index in [-0.39, 0.29) is 39.2 Å². The lowest BCUT2D eigenvalue weighted by Crippen LogP contribution is -2.77. The Labute approximate surface area is 166 Å². The molecule has 0 heterocycles. The van der Waals surface area contributed by atoms with Crippen LogP contribution in [0.1, 0.15) is 36.5 Å². The van der Waals surface area contributed by atoms with E-state index in [2.05, 4.69) is 10.6 Å². The third kappa shape index (κ3) is 3.05. The molecule has 146 valence electrons. The van der Waals surface area contributed by atoms with Crippen LogP contribution in [0.5, 0.6) is 0 Å². The molecule has 4 nitrogen and oxygen atoms in total. The largest absolute Gasteiger partial charge is 0.346 e. The summed E-state index contributed by atoms with van der Waals surface area (Å²) in [4.78, 5) is 24.9. The Kier molecular flexibility index (Phi) is 4.42. The molecule has 28 heavy (non-hydrogen) atoms. The average molecular weight is 405 g/mol. The predicted octanol–water partition coefficient (Wildman–Crippen LogP) is 4.55. The van der Waals surface area contributed by atoms with Crippen LogP contribution in [0.4, 0.5) is 14.5 Å². The zero-order chi connectivity index (χ0) is 20.1. The van der Waals surface area contributed by atoms with Crippen LogP contribution in [0.25, 0.3) is 0 Å². The number of carbonyl (C=O) groups excluding carboxylic acids is 2. The number of amides is 2. The highest BCUT2D eigenvalue weighted by Crippen LogP contribution is 2.70. The minimum Gasteiger partial charge on any atom is -0.346 e. The molecule has 2 amide bonds. The highest BCUT2D eigenvalue weighted by Gasteiger charge is 2.71. The number of anilines is 1. The molecule has 2 N–H and O–H groups in total. The van der Waals surface area contributed by atoms with Gasteiger partial charge in [-0.3, -0.25) is 9.59 Å². The van der Waals surface area contributed by atoms with Gasteiger partial charge in [-0.2, -0.15) is 0 Å². The van der Waals surface area contributed by atoms with E-state index in [0.717, 1.165) is 0 Å². The minimum atomic E-state index is -0.727. The zero-order valence-electron chi connectivity index (χ0n) is 15.2. The van der Waals surface area contributed by atoms with Gasteiger partial charge in [0.2, 0.25) is 5.91 Å². The summed E-state index contributed by atoms with van der Waals surface area (Å²) < 4.78 is 27.0. The van der Waals surface area contributed by atoms with Gasteiger partial charge in [-0.1, -0.05) is 24.6 Å². The fourth-order valence-corrected chi connectivity index (χ4v) is 4.68. The number of halogens is 3. The van der Waals surface area contributed by atoms with Crippen molar-refractivity contribution in [1.82, 2.24) is 5.32 Å². The first-order chi connectivity index (χ1) is 13.2. The van der Waals surface area contributed by atoms with Gasteiger partial charge < -0.3 is 10.6 Å². The van der Waals surface area contributed by atoms with Crippen LogP contribution in [0, 0.1) is 23.0 Å². The molecule has 2 bridgehead atoms. The summed E-state index contributed by atoms with van der Waals surface area (Å²) in [6.45, 7) is 1.86. The highest BCUT2D eigenvalue weighted by atomic mass is 35.5. The summed E-state index contributed by atoms with van der Waals surface area (Å²) in [5.41, 5.74) is -0.0711. The van der Waals surface area contributed by atoms with Crippen molar-refractivity contribution in [2.24, 2.45) is 11.3 Å². The monoisotopic (exact) mass is 404 g/mol. The van der Waals surface area contributed by atoms with Gasteiger partial charge in [-0.15, -0.1) is 0 Å². The van der Waals surface area contributed by atoms with Crippen LogP contribution in [0.3, 0.4) is 0 Å². The second-order valence-electron chi connectivity index (χ2n) is 7.95. The molecule has 2 aromatic rings. The fourth-order valence-electron chi connectivity index (χ4n) is 4.51. The molecule has 0 aromatic heterocycles. The zero-order valence-corrected chi connectivity index (χ0v) is 15.9. The van der Waals surface area contributed by atoms with E-state index in [9.17, 15) is 18.4 Å². The van der Waals surface area contributed by atoms with Crippen LogP contribution in [-0.4, -0.2) is 17.4 Å². The van der Waals surface area contributed by atoms with Crippen molar-refractivity contribution in [2.45, 2.75) is 31.7 Å². The lowest BCUT2D eigenvalue weighted by molar-refractivity contribution is -0.184. The Bertz CT molecular complexity index is 942. The molecule has 3 saturated carbocycles.